The Hall–Kier alpha value is -3.04. The average molecular weight is 437 g/mol. The van der Waals surface area contributed by atoms with Gasteiger partial charge in [0.05, 0.1) is 21.2 Å². The molecule has 0 saturated heterocycles. The van der Waals surface area contributed by atoms with Crippen LogP contribution in [0.1, 0.15) is 0 Å². The minimum Gasteiger partial charge on any atom is -0.871 e. The first-order valence-electron chi connectivity index (χ1n) is 7.29. The van der Waals surface area contributed by atoms with Crippen molar-refractivity contribution in [3.63, 3.8) is 0 Å². The molecule has 0 heterocycles. The van der Waals surface area contributed by atoms with E-state index in [1.165, 1.54) is 24.3 Å². The van der Waals surface area contributed by atoms with Crippen LogP contribution in [0, 0.1) is 10.1 Å². The molecule has 0 saturated carbocycles. The van der Waals surface area contributed by atoms with Gasteiger partial charge in [0.1, 0.15) is 10.1 Å². The van der Waals surface area contributed by atoms with Crippen LogP contribution in [0.5, 0.6) is 5.75 Å². The number of non-ortho nitro benzene ring substituents is 1. The van der Waals surface area contributed by atoms with Crippen molar-refractivity contribution in [3.05, 3.63) is 64.4 Å². The van der Waals surface area contributed by atoms with Gasteiger partial charge in [-0.3, -0.25) is 10.1 Å². The van der Waals surface area contributed by atoms with Gasteiger partial charge in [-0.25, -0.2) is 8.42 Å². The molecule has 3 aromatic rings. The number of nitrogens with one attached hydrogen (secondary N) is 1. The van der Waals surface area contributed by atoms with Crippen LogP contribution in [-0.2, 0) is 27.5 Å². The number of nitro groups is 1. The van der Waals surface area contributed by atoms with Crippen LogP contribution in [0.15, 0.2) is 63.7 Å². The second kappa shape index (κ2) is 7.91. The van der Waals surface area contributed by atoms with Gasteiger partial charge in [0, 0.05) is 22.9 Å². The van der Waals surface area contributed by atoms with Crippen molar-refractivity contribution in [3.8, 4) is 5.75 Å². The average Bonchev–Trinajstić information content (AvgIpc) is 2.60. The number of rotatable bonds is 4. The molecule has 0 spiro atoms. The third-order valence-corrected chi connectivity index (χ3v) is 4.57. The van der Waals surface area contributed by atoms with E-state index in [4.69, 9.17) is 5.73 Å². The monoisotopic (exact) mass is 437 g/mol. The number of hydrogen-bond acceptors (Lipinski definition) is 8. The predicted molar refractivity (Wildman–Crippen MR) is 92.6 cm³/mol. The van der Waals surface area contributed by atoms with E-state index in [1.54, 1.807) is 0 Å². The summed E-state index contributed by atoms with van der Waals surface area (Å²) in [5.41, 5.74) is 7.20. The number of fused-ring (bicyclic) bond motifs is 1. The Bertz CT molecular complexity index is 1210. The van der Waals surface area contributed by atoms with Crippen LogP contribution in [0.3, 0.4) is 0 Å². The van der Waals surface area contributed by atoms with E-state index in [-0.39, 0.29) is 45.2 Å². The standard InChI is InChI=1S/C16H11N4O6S.Cr/c17-12-6-5-10-11(2-1-3-15(10)27(24,25)26)16(12)19-18-13-7-4-9(20(22)23)8-14(13)21;/h1-8H,(H3-,17,18,19,21,24,25,26);/q-1;+3/p-2. The molecule has 141 valence electrons. The first kappa shape index (κ1) is 21.3. The minimum absolute atomic E-state index is 0. The van der Waals surface area contributed by atoms with Gasteiger partial charge in [-0.05, 0) is 12.1 Å². The second-order valence-electron chi connectivity index (χ2n) is 5.38. The Kier molecular flexibility index (Phi) is 6.01. The summed E-state index contributed by atoms with van der Waals surface area (Å²) in [5.74, 6) is -0.734. The Morgan fingerprint density at radius 1 is 1.00 bits per heavy atom. The molecule has 0 aliphatic carbocycles. The van der Waals surface area contributed by atoms with E-state index in [0.717, 1.165) is 24.3 Å². The largest absolute Gasteiger partial charge is 3.00 e. The fraction of sp³-hybridized carbons (Fsp3) is 0. The summed E-state index contributed by atoms with van der Waals surface area (Å²) < 4.78 is 34.2. The quantitative estimate of drug-likeness (QED) is 0.260. The van der Waals surface area contributed by atoms with Crippen LogP contribution in [0.2, 0.25) is 0 Å². The second-order valence-corrected chi connectivity index (χ2v) is 6.72. The van der Waals surface area contributed by atoms with Gasteiger partial charge in [-0.2, -0.15) is 10.2 Å². The fourth-order valence-corrected chi connectivity index (χ4v) is 3.13. The van der Waals surface area contributed by atoms with Crippen molar-refractivity contribution < 1.29 is 40.4 Å². The molecular formula is C16H9CrN4O6S. The van der Waals surface area contributed by atoms with E-state index in [2.05, 4.69) is 10.2 Å². The molecule has 0 aliphatic heterocycles. The first-order valence-corrected chi connectivity index (χ1v) is 8.70. The van der Waals surface area contributed by atoms with Gasteiger partial charge in [-0.1, -0.05) is 30.0 Å². The van der Waals surface area contributed by atoms with Crippen LogP contribution < -0.4 is 5.11 Å². The van der Waals surface area contributed by atoms with Crippen molar-refractivity contribution >= 4 is 43.6 Å². The SMILES string of the molecule is [Cr+3].[NH-]c1ccc2c(S(=O)(=O)[O-])cccc2c1N=Nc1ccc([N+](=O)[O-])cc1[O-]. The van der Waals surface area contributed by atoms with Crippen molar-refractivity contribution in [1.29, 1.82) is 0 Å². The zero-order valence-electron chi connectivity index (χ0n) is 13.7. The first-order chi connectivity index (χ1) is 12.7. The van der Waals surface area contributed by atoms with Gasteiger partial charge in [0.2, 0.25) is 0 Å². The van der Waals surface area contributed by atoms with Crippen molar-refractivity contribution in [2.75, 3.05) is 0 Å². The maximum atomic E-state index is 11.9. The van der Waals surface area contributed by atoms with Crippen molar-refractivity contribution in [2.45, 2.75) is 4.90 Å². The van der Waals surface area contributed by atoms with Crippen molar-refractivity contribution in [1.82, 2.24) is 0 Å². The molecule has 0 aromatic heterocycles. The summed E-state index contributed by atoms with van der Waals surface area (Å²) in [6.07, 6.45) is 0. The Balaban J connectivity index is 0.00000280. The number of nitro benzene ring substituents is 1. The molecule has 3 rings (SSSR count). The summed E-state index contributed by atoms with van der Waals surface area (Å²) in [6.45, 7) is 0. The fourth-order valence-electron chi connectivity index (χ4n) is 2.44. The van der Waals surface area contributed by atoms with Gasteiger partial charge in [0.25, 0.3) is 5.69 Å². The molecule has 12 heteroatoms. The van der Waals surface area contributed by atoms with Crippen LogP contribution in [0.4, 0.5) is 22.7 Å². The van der Waals surface area contributed by atoms with Crippen molar-refractivity contribution in [2.24, 2.45) is 10.2 Å². The molecule has 28 heavy (non-hydrogen) atoms. The Morgan fingerprint density at radius 2 is 1.71 bits per heavy atom. The van der Waals surface area contributed by atoms with Gasteiger partial charge < -0.3 is 15.4 Å². The summed E-state index contributed by atoms with van der Waals surface area (Å²) in [4.78, 5) is 9.48. The summed E-state index contributed by atoms with van der Waals surface area (Å²) in [6, 6.07) is 9.49. The molecule has 1 radical (unpaired) electrons. The van der Waals surface area contributed by atoms with Crippen LogP contribution in [-0.4, -0.2) is 17.9 Å². The number of benzene rings is 3. The van der Waals surface area contributed by atoms with E-state index in [1.807, 2.05) is 0 Å². The van der Waals surface area contributed by atoms with E-state index in [9.17, 15) is 28.2 Å². The summed E-state index contributed by atoms with van der Waals surface area (Å²) >= 11 is 0. The molecule has 0 amide bonds. The minimum atomic E-state index is -4.74. The molecule has 0 atom stereocenters. The zero-order valence-corrected chi connectivity index (χ0v) is 15.8. The predicted octanol–water partition coefficient (Wildman–Crippen LogP) is 3.82. The summed E-state index contributed by atoms with van der Waals surface area (Å²) in [7, 11) is -4.74. The van der Waals surface area contributed by atoms with Crippen LogP contribution in [0.25, 0.3) is 16.5 Å². The smallest absolute Gasteiger partial charge is 0.871 e. The van der Waals surface area contributed by atoms with Gasteiger partial charge >= 0.3 is 17.4 Å². The molecule has 0 aliphatic rings. The number of nitrogens with zero attached hydrogens (tertiary/aromatic N) is 3. The molecule has 10 nitrogen and oxygen atoms in total. The van der Waals surface area contributed by atoms with Crippen LogP contribution >= 0.6 is 0 Å². The third kappa shape index (κ3) is 4.10. The van der Waals surface area contributed by atoms with E-state index >= 15 is 0 Å². The molecule has 0 bridgehead atoms. The van der Waals surface area contributed by atoms with E-state index in [0.29, 0.717) is 0 Å². The molecule has 1 N–H and O–H groups in total. The Labute approximate surface area is 169 Å². The molecular weight excluding hydrogens is 428 g/mol. The summed E-state index contributed by atoms with van der Waals surface area (Å²) in [5, 5.41) is 30.4. The topological polar surface area (TPSA) is 172 Å². The van der Waals surface area contributed by atoms with Gasteiger partial charge in [-0.15, -0.1) is 5.69 Å². The molecule has 0 unspecified atom stereocenters. The molecule has 0 fully saturated rings. The normalized spacial score (nSPS) is 11.5. The maximum absolute atomic E-state index is 11.9. The maximum Gasteiger partial charge on any atom is 3.00 e. The number of hydrogen-bond donors (Lipinski definition) is 0. The van der Waals surface area contributed by atoms with E-state index < -0.39 is 31.4 Å². The van der Waals surface area contributed by atoms with Gasteiger partial charge in [0.15, 0.2) is 0 Å². The molecule has 3 aromatic carbocycles. The number of azo groups is 1. The zero-order chi connectivity index (χ0) is 19.8. The Morgan fingerprint density at radius 3 is 2.32 bits per heavy atom. The third-order valence-electron chi connectivity index (χ3n) is 3.67.